The van der Waals surface area contributed by atoms with E-state index in [4.69, 9.17) is 4.65 Å². The molecule has 0 saturated heterocycles. The molecule has 0 radical (unpaired) electrons. The van der Waals surface area contributed by atoms with E-state index < -0.39 is 17.1 Å². The highest BCUT2D eigenvalue weighted by atomic mass is 32.2. The van der Waals surface area contributed by atoms with Crippen LogP contribution in [0.5, 0.6) is 0 Å². The van der Waals surface area contributed by atoms with Crippen LogP contribution in [-0.4, -0.2) is 27.2 Å². The maximum absolute atomic E-state index is 12.4. The largest absolute Gasteiger partial charge is 0.491 e. The Morgan fingerprint density at radius 2 is 2.05 bits per heavy atom. The number of aryl methyl sites for hydroxylation is 1. The summed E-state index contributed by atoms with van der Waals surface area (Å²) in [7, 11) is -4.66. The number of hydrogen-bond acceptors (Lipinski definition) is 4. The van der Waals surface area contributed by atoms with Crippen molar-refractivity contribution in [2.45, 2.75) is 18.2 Å². The zero-order valence-electron chi connectivity index (χ0n) is 12.1. The van der Waals surface area contributed by atoms with E-state index in [9.17, 15) is 13.4 Å². The molecule has 3 rings (SSSR count). The van der Waals surface area contributed by atoms with Crippen LogP contribution in [0.15, 0.2) is 47.4 Å². The Bertz CT molecular complexity index is 807. The predicted molar refractivity (Wildman–Crippen MR) is 85.7 cm³/mol. The Morgan fingerprint density at radius 1 is 1.23 bits per heavy atom. The molecule has 0 fully saturated rings. The molecule has 7 heteroatoms. The molecular weight excluding hydrogens is 301 g/mol. The summed E-state index contributed by atoms with van der Waals surface area (Å²) in [6.07, 6.45) is 0.706. The van der Waals surface area contributed by atoms with Crippen LogP contribution in [-0.2, 0) is 21.1 Å². The van der Waals surface area contributed by atoms with Crippen molar-refractivity contribution in [3.05, 3.63) is 53.6 Å². The quantitative estimate of drug-likeness (QED) is 0.830. The van der Waals surface area contributed by atoms with Crippen LogP contribution < -0.4 is 10.2 Å². The van der Waals surface area contributed by atoms with Crippen LogP contribution in [0.2, 0.25) is 0 Å². The minimum absolute atomic E-state index is 0.210. The minimum Gasteiger partial charge on any atom is -0.423 e. The summed E-state index contributed by atoms with van der Waals surface area (Å²) in [6, 6.07) is 11.8. The highest BCUT2D eigenvalue weighted by Gasteiger charge is 2.25. The normalized spacial score (nSPS) is 14.5. The van der Waals surface area contributed by atoms with Crippen LogP contribution in [0, 0.1) is 6.92 Å². The van der Waals surface area contributed by atoms with E-state index in [1.54, 1.807) is 30.3 Å². The highest BCUT2D eigenvalue weighted by Crippen LogP contribution is 2.18. The SMILES string of the molecule is Cc1cccc(S(=O)(=O)Nc2ccc3c(c2)B(O)OCC3)c1. The summed E-state index contributed by atoms with van der Waals surface area (Å²) >= 11 is 0. The Labute approximate surface area is 130 Å². The Morgan fingerprint density at radius 3 is 2.82 bits per heavy atom. The molecular formula is C15H16BNO4S. The van der Waals surface area contributed by atoms with E-state index in [-0.39, 0.29) is 4.90 Å². The lowest BCUT2D eigenvalue weighted by Gasteiger charge is -2.20. The lowest BCUT2D eigenvalue weighted by molar-refractivity contribution is 0.266. The highest BCUT2D eigenvalue weighted by molar-refractivity contribution is 7.92. The zero-order chi connectivity index (χ0) is 15.7. The molecule has 5 nitrogen and oxygen atoms in total. The van der Waals surface area contributed by atoms with Gasteiger partial charge in [-0.25, -0.2) is 8.42 Å². The van der Waals surface area contributed by atoms with Gasteiger partial charge in [0.05, 0.1) is 4.90 Å². The minimum atomic E-state index is -3.65. The van der Waals surface area contributed by atoms with Crippen LogP contribution in [0.4, 0.5) is 5.69 Å². The molecule has 22 heavy (non-hydrogen) atoms. The van der Waals surface area contributed by atoms with Crippen molar-refractivity contribution in [3.8, 4) is 0 Å². The molecule has 2 aromatic rings. The van der Waals surface area contributed by atoms with Gasteiger partial charge in [0, 0.05) is 12.3 Å². The van der Waals surface area contributed by atoms with Gasteiger partial charge in [-0.15, -0.1) is 0 Å². The second-order valence-corrected chi connectivity index (χ2v) is 6.99. The smallest absolute Gasteiger partial charge is 0.423 e. The molecule has 1 aliphatic rings. The average Bonchev–Trinajstić information content (AvgIpc) is 2.48. The molecule has 2 aromatic carbocycles. The third-order valence-electron chi connectivity index (χ3n) is 3.61. The van der Waals surface area contributed by atoms with Gasteiger partial charge in [-0.3, -0.25) is 4.72 Å². The molecule has 0 saturated carbocycles. The molecule has 0 amide bonds. The number of anilines is 1. The summed E-state index contributed by atoms with van der Waals surface area (Å²) in [5.41, 5.74) is 2.86. The monoisotopic (exact) mass is 317 g/mol. The number of sulfonamides is 1. The van der Waals surface area contributed by atoms with Gasteiger partial charge in [0.1, 0.15) is 0 Å². The van der Waals surface area contributed by atoms with Crippen LogP contribution >= 0.6 is 0 Å². The summed E-state index contributed by atoms with van der Waals surface area (Å²) < 4.78 is 32.5. The first kappa shape index (κ1) is 15.1. The van der Waals surface area contributed by atoms with Crippen molar-refractivity contribution in [1.82, 2.24) is 0 Å². The lowest BCUT2D eigenvalue weighted by atomic mass is 9.73. The van der Waals surface area contributed by atoms with Gasteiger partial charge in [-0.1, -0.05) is 18.2 Å². The maximum Gasteiger partial charge on any atom is 0.491 e. The third kappa shape index (κ3) is 3.01. The van der Waals surface area contributed by atoms with E-state index >= 15 is 0 Å². The molecule has 0 spiro atoms. The molecule has 0 atom stereocenters. The first-order chi connectivity index (χ1) is 10.5. The fraction of sp³-hybridized carbons (Fsp3) is 0.200. The maximum atomic E-state index is 12.4. The van der Waals surface area contributed by atoms with Crippen LogP contribution in [0.1, 0.15) is 11.1 Å². The number of hydrogen-bond donors (Lipinski definition) is 2. The van der Waals surface area contributed by atoms with Gasteiger partial charge in [-0.2, -0.15) is 0 Å². The van der Waals surface area contributed by atoms with Crippen molar-refractivity contribution in [2.24, 2.45) is 0 Å². The molecule has 0 bridgehead atoms. The van der Waals surface area contributed by atoms with Gasteiger partial charge >= 0.3 is 7.12 Å². The number of benzene rings is 2. The van der Waals surface area contributed by atoms with Crippen molar-refractivity contribution in [1.29, 1.82) is 0 Å². The number of fused-ring (bicyclic) bond motifs is 1. The molecule has 0 unspecified atom stereocenters. The molecule has 1 aliphatic heterocycles. The number of rotatable bonds is 3. The van der Waals surface area contributed by atoms with E-state index in [2.05, 4.69) is 4.72 Å². The standard InChI is InChI=1S/C15H16BNO4S/c1-11-3-2-4-14(9-11)22(19,20)17-13-6-5-12-7-8-21-16(18)15(12)10-13/h2-6,9-10,17-18H,7-8H2,1H3. The van der Waals surface area contributed by atoms with E-state index in [0.29, 0.717) is 24.2 Å². The van der Waals surface area contributed by atoms with Crippen molar-refractivity contribution in [2.75, 3.05) is 11.3 Å². The second-order valence-electron chi connectivity index (χ2n) is 5.31. The molecule has 0 aromatic heterocycles. The third-order valence-corrected chi connectivity index (χ3v) is 4.99. The fourth-order valence-electron chi connectivity index (χ4n) is 2.48. The van der Waals surface area contributed by atoms with Crippen molar-refractivity contribution in [3.63, 3.8) is 0 Å². The van der Waals surface area contributed by atoms with Crippen molar-refractivity contribution >= 4 is 28.3 Å². The lowest BCUT2D eigenvalue weighted by Crippen LogP contribution is -2.41. The molecule has 0 aliphatic carbocycles. The van der Waals surface area contributed by atoms with Gasteiger partial charge in [0.25, 0.3) is 10.0 Å². The topological polar surface area (TPSA) is 75.6 Å². The summed E-state index contributed by atoms with van der Waals surface area (Å²) in [4.78, 5) is 0.210. The van der Waals surface area contributed by atoms with Crippen molar-refractivity contribution < 1.29 is 18.1 Å². The number of nitrogens with one attached hydrogen (secondary N) is 1. The van der Waals surface area contributed by atoms with Gasteiger partial charge in [0.15, 0.2) is 0 Å². The van der Waals surface area contributed by atoms with Crippen LogP contribution in [0.25, 0.3) is 0 Å². The molecule has 114 valence electrons. The van der Waals surface area contributed by atoms with E-state index in [0.717, 1.165) is 11.1 Å². The Balaban J connectivity index is 1.91. The molecule has 1 heterocycles. The summed E-state index contributed by atoms with van der Waals surface area (Å²) in [5.74, 6) is 0. The van der Waals surface area contributed by atoms with E-state index in [1.807, 2.05) is 19.1 Å². The first-order valence-electron chi connectivity index (χ1n) is 6.98. The summed E-state index contributed by atoms with van der Waals surface area (Å²) in [5, 5.41) is 9.84. The van der Waals surface area contributed by atoms with E-state index in [1.165, 1.54) is 0 Å². The average molecular weight is 317 g/mol. The second kappa shape index (κ2) is 5.76. The predicted octanol–water partition coefficient (Wildman–Crippen LogP) is 1.06. The first-order valence-corrected chi connectivity index (χ1v) is 8.46. The fourth-order valence-corrected chi connectivity index (χ4v) is 3.64. The van der Waals surface area contributed by atoms with Gasteiger partial charge < -0.3 is 9.68 Å². The van der Waals surface area contributed by atoms with Crippen LogP contribution in [0.3, 0.4) is 0 Å². The Hall–Kier alpha value is -1.83. The Kier molecular flexibility index (Phi) is 3.95. The summed E-state index contributed by atoms with van der Waals surface area (Å²) in [6.45, 7) is 2.30. The zero-order valence-corrected chi connectivity index (χ0v) is 12.9. The van der Waals surface area contributed by atoms with Gasteiger partial charge in [0.2, 0.25) is 0 Å². The molecule has 2 N–H and O–H groups in total. The van der Waals surface area contributed by atoms with Gasteiger partial charge in [-0.05, 0) is 54.2 Å².